The van der Waals surface area contributed by atoms with Gasteiger partial charge in [-0.05, 0) is 31.4 Å². The zero-order valence-corrected chi connectivity index (χ0v) is 12.0. The average Bonchev–Trinajstić information content (AvgIpc) is 2.21. The van der Waals surface area contributed by atoms with Crippen LogP contribution in [-0.4, -0.2) is 26.2 Å². The van der Waals surface area contributed by atoms with Crippen LogP contribution >= 0.6 is 0 Å². The molecule has 1 rings (SSSR count). The van der Waals surface area contributed by atoms with Gasteiger partial charge in [0.15, 0.2) is 0 Å². The third kappa shape index (κ3) is 5.45. The number of hydrogen-bond acceptors (Lipinski definition) is 3. The highest BCUT2D eigenvalue weighted by molar-refractivity contribution is 7.90. The van der Waals surface area contributed by atoms with Crippen molar-refractivity contribution in [3.05, 3.63) is 34.9 Å². The predicted molar refractivity (Wildman–Crippen MR) is 73.6 cm³/mol. The van der Waals surface area contributed by atoms with Crippen LogP contribution in [-0.2, 0) is 21.1 Å². The molecule has 4 heteroatoms. The van der Waals surface area contributed by atoms with Crippen LogP contribution in [0.4, 0.5) is 0 Å². The third-order valence-corrected chi connectivity index (χ3v) is 3.89. The average molecular weight is 268 g/mol. The molecule has 0 bridgehead atoms. The van der Waals surface area contributed by atoms with Gasteiger partial charge < -0.3 is 0 Å². The first-order valence-electron chi connectivity index (χ1n) is 6.03. The van der Waals surface area contributed by atoms with Crippen LogP contribution in [0.5, 0.6) is 0 Å². The van der Waals surface area contributed by atoms with Crippen molar-refractivity contribution in [3.8, 4) is 0 Å². The summed E-state index contributed by atoms with van der Waals surface area (Å²) in [5.41, 5.74) is 3.29. The zero-order chi connectivity index (χ0) is 13.8. The van der Waals surface area contributed by atoms with Crippen molar-refractivity contribution in [1.82, 2.24) is 0 Å². The number of carbonyl (C=O) groups is 1. The van der Waals surface area contributed by atoms with Crippen molar-refractivity contribution in [1.29, 1.82) is 0 Å². The number of hydrogen-bond donors (Lipinski definition) is 0. The molecule has 0 aliphatic heterocycles. The Morgan fingerprint density at radius 3 is 2.50 bits per heavy atom. The Balaban J connectivity index is 2.52. The molecule has 0 N–H and O–H groups in total. The monoisotopic (exact) mass is 268 g/mol. The fourth-order valence-corrected chi connectivity index (χ4v) is 2.49. The number of ketones is 1. The maximum Gasteiger partial charge on any atom is 0.147 e. The second-order valence-electron chi connectivity index (χ2n) is 4.88. The Hall–Kier alpha value is -1.16. The summed E-state index contributed by atoms with van der Waals surface area (Å²) < 4.78 is 21.9. The molecule has 0 unspecified atom stereocenters. The van der Waals surface area contributed by atoms with Gasteiger partial charge in [0, 0.05) is 19.1 Å². The number of carbonyl (C=O) groups excluding carboxylic acids is 1. The lowest BCUT2D eigenvalue weighted by Gasteiger charge is -2.06. The molecule has 1 aromatic rings. The first-order valence-corrected chi connectivity index (χ1v) is 8.09. The second-order valence-corrected chi connectivity index (χ2v) is 7.14. The lowest BCUT2D eigenvalue weighted by molar-refractivity contribution is -0.118. The lowest BCUT2D eigenvalue weighted by atomic mass is 9.99. The summed E-state index contributed by atoms with van der Waals surface area (Å²) in [5, 5.41) is 0. The molecule has 0 amide bonds. The van der Waals surface area contributed by atoms with Crippen LogP contribution in [0, 0.1) is 13.8 Å². The first kappa shape index (κ1) is 14.9. The summed E-state index contributed by atoms with van der Waals surface area (Å²) in [6.07, 6.45) is 2.35. The molecule has 0 aromatic heterocycles. The van der Waals surface area contributed by atoms with E-state index in [1.807, 2.05) is 32.0 Å². The molecule has 0 radical (unpaired) electrons. The Morgan fingerprint density at radius 2 is 1.89 bits per heavy atom. The zero-order valence-electron chi connectivity index (χ0n) is 11.2. The van der Waals surface area contributed by atoms with E-state index in [4.69, 9.17) is 0 Å². The van der Waals surface area contributed by atoms with Gasteiger partial charge >= 0.3 is 0 Å². The maximum atomic E-state index is 11.8. The van der Waals surface area contributed by atoms with Gasteiger partial charge in [0.2, 0.25) is 0 Å². The fraction of sp³-hybridized carbons (Fsp3) is 0.500. The van der Waals surface area contributed by atoms with Crippen molar-refractivity contribution < 1.29 is 13.2 Å². The minimum atomic E-state index is -2.96. The highest BCUT2D eigenvalue weighted by Gasteiger charge is 2.08. The minimum absolute atomic E-state index is 0.0888. The third-order valence-electron chi connectivity index (χ3n) is 2.86. The molecule has 18 heavy (non-hydrogen) atoms. The van der Waals surface area contributed by atoms with Gasteiger partial charge in [-0.3, -0.25) is 4.79 Å². The van der Waals surface area contributed by atoms with E-state index in [0.29, 0.717) is 19.3 Å². The molecular formula is C14H20O3S. The highest BCUT2D eigenvalue weighted by Crippen LogP contribution is 2.12. The molecule has 1 aromatic carbocycles. The fourth-order valence-electron chi connectivity index (χ4n) is 1.82. The summed E-state index contributed by atoms with van der Waals surface area (Å²) in [4.78, 5) is 11.8. The van der Waals surface area contributed by atoms with Crippen molar-refractivity contribution >= 4 is 15.6 Å². The molecule has 0 fully saturated rings. The largest absolute Gasteiger partial charge is 0.299 e. The number of Topliss-reactive ketones (excluding diaryl/α,β-unsaturated/α-hetero) is 1. The molecule has 0 heterocycles. The van der Waals surface area contributed by atoms with E-state index in [1.165, 1.54) is 6.26 Å². The highest BCUT2D eigenvalue weighted by atomic mass is 32.2. The van der Waals surface area contributed by atoms with E-state index in [9.17, 15) is 13.2 Å². The molecular weight excluding hydrogens is 248 g/mol. The summed E-state index contributed by atoms with van der Waals surface area (Å²) in [6, 6.07) is 6.05. The summed E-state index contributed by atoms with van der Waals surface area (Å²) in [5.74, 6) is 0.193. The molecule has 0 atom stereocenters. The molecule has 100 valence electrons. The van der Waals surface area contributed by atoms with Crippen LogP contribution in [0.1, 0.15) is 29.5 Å². The molecule has 0 aliphatic carbocycles. The standard InChI is InChI=1S/C14H20O3S/c1-11-6-7-12(2)13(9-11)10-14(15)5-4-8-18(3,16)17/h6-7,9H,4-5,8,10H2,1-3H3. The van der Waals surface area contributed by atoms with E-state index in [0.717, 1.165) is 16.7 Å². The summed E-state index contributed by atoms with van der Waals surface area (Å²) >= 11 is 0. The predicted octanol–water partition coefficient (Wildman–Crippen LogP) is 2.24. The van der Waals surface area contributed by atoms with Crippen molar-refractivity contribution in [2.75, 3.05) is 12.0 Å². The SMILES string of the molecule is Cc1ccc(C)c(CC(=O)CCCS(C)(=O)=O)c1. The Labute approximate surface area is 109 Å². The van der Waals surface area contributed by atoms with Crippen LogP contribution < -0.4 is 0 Å². The summed E-state index contributed by atoms with van der Waals surface area (Å²) in [7, 11) is -2.96. The van der Waals surface area contributed by atoms with E-state index in [2.05, 4.69) is 0 Å². The van der Waals surface area contributed by atoms with Gasteiger partial charge in [0.25, 0.3) is 0 Å². The number of benzene rings is 1. The quantitative estimate of drug-likeness (QED) is 0.795. The van der Waals surface area contributed by atoms with Crippen molar-refractivity contribution in [2.24, 2.45) is 0 Å². The van der Waals surface area contributed by atoms with E-state index in [-0.39, 0.29) is 11.5 Å². The van der Waals surface area contributed by atoms with E-state index < -0.39 is 9.84 Å². The molecule has 3 nitrogen and oxygen atoms in total. The summed E-state index contributed by atoms with van der Waals surface area (Å²) in [6.45, 7) is 3.98. The maximum absolute atomic E-state index is 11.8. The molecule has 0 aliphatic rings. The normalized spacial score (nSPS) is 11.5. The molecule has 0 spiro atoms. The number of rotatable bonds is 6. The van der Waals surface area contributed by atoms with Crippen LogP contribution in [0.3, 0.4) is 0 Å². The second kappa shape index (κ2) is 6.14. The minimum Gasteiger partial charge on any atom is -0.299 e. The smallest absolute Gasteiger partial charge is 0.147 e. The van der Waals surface area contributed by atoms with Crippen LogP contribution in [0.25, 0.3) is 0 Å². The molecule has 0 saturated heterocycles. The van der Waals surface area contributed by atoms with Crippen LogP contribution in [0.15, 0.2) is 18.2 Å². The molecule has 0 saturated carbocycles. The Bertz CT molecular complexity index is 530. The first-order chi connectivity index (χ1) is 8.28. The van der Waals surface area contributed by atoms with Gasteiger partial charge in [0.1, 0.15) is 15.6 Å². The van der Waals surface area contributed by atoms with Gasteiger partial charge in [-0.2, -0.15) is 0 Å². The van der Waals surface area contributed by atoms with Crippen LogP contribution in [0.2, 0.25) is 0 Å². The van der Waals surface area contributed by atoms with E-state index in [1.54, 1.807) is 0 Å². The number of sulfone groups is 1. The topological polar surface area (TPSA) is 51.2 Å². The van der Waals surface area contributed by atoms with Gasteiger partial charge in [-0.25, -0.2) is 8.42 Å². The van der Waals surface area contributed by atoms with Gasteiger partial charge in [0.05, 0.1) is 5.75 Å². The van der Waals surface area contributed by atoms with Gasteiger partial charge in [-0.1, -0.05) is 23.8 Å². The number of aryl methyl sites for hydroxylation is 2. The van der Waals surface area contributed by atoms with E-state index >= 15 is 0 Å². The Kier molecular flexibility index (Phi) is 5.08. The van der Waals surface area contributed by atoms with Crippen molar-refractivity contribution in [2.45, 2.75) is 33.1 Å². The Morgan fingerprint density at radius 1 is 1.22 bits per heavy atom. The van der Waals surface area contributed by atoms with Crippen molar-refractivity contribution in [3.63, 3.8) is 0 Å². The lowest BCUT2D eigenvalue weighted by Crippen LogP contribution is -2.08. The van der Waals surface area contributed by atoms with Gasteiger partial charge in [-0.15, -0.1) is 0 Å².